The van der Waals surface area contributed by atoms with Crippen LogP contribution in [0.2, 0.25) is 5.02 Å². The standard InChI is InChI=1S/C17H18ClF2N3O3/c1-9-13(10(2)23(22-9)17(19)20)7-15(24)21-14(8-16(25)26)11-3-5-12(18)6-4-11/h3-6,14,17H,7-8H2,1-2H3,(H,21,24)(H,25,26)/t14-/m0/s1. The predicted molar refractivity (Wildman–Crippen MR) is 91.2 cm³/mol. The highest BCUT2D eigenvalue weighted by molar-refractivity contribution is 6.30. The molecule has 140 valence electrons. The number of aryl methyl sites for hydroxylation is 1. The zero-order valence-corrected chi connectivity index (χ0v) is 14.9. The molecule has 2 rings (SSSR count). The van der Waals surface area contributed by atoms with E-state index >= 15 is 0 Å². The zero-order chi connectivity index (χ0) is 19.4. The summed E-state index contributed by atoms with van der Waals surface area (Å²) in [4.78, 5) is 23.5. The van der Waals surface area contributed by atoms with E-state index in [1.165, 1.54) is 6.92 Å². The number of nitrogens with one attached hydrogen (secondary N) is 1. The lowest BCUT2D eigenvalue weighted by molar-refractivity contribution is -0.137. The number of rotatable bonds is 7. The van der Waals surface area contributed by atoms with Crippen molar-refractivity contribution in [3.63, 3.8) is 0 Å². The second kappa shape index (κ2) is 8.27. The number of aromatic nitrogens is 2. The number of carboxylic acid groups (broad SMARTS) is 1. The summed E-state index contributed by atoms with van der Waals surface area (Å²) in [6.07, 6.45) is -0.490. The Morgan fingerprint density at radius 3 is 2.38 bits per heavy atom. The van der Waals surface area contributed by atoms with Crippen LogP contribution in [0.25, 0.3) is 0 Å². The minimum absolute atomic E-state index is 0.173. The van der Waals surface area contributed by atoms with Gasteiger partial charge in [0.15, 0.2) is 0 Å². The van der Waals surface area contributed by atoms with Crippen molar-refractivity contribution in [3.8, 4) is 0 Å². The van der Waals surface area contributed by atoms with Crippen LogP contribution >= 0.6 is 11.6 Å². The molecule has 2 aromatic rings. The molecule has 1 aromatic carbocycles. The summed E-state index contributed by atoms with van der Waals surface area (Å²) in [7, 11) is 0. The molecule has 0 fully saturated rings. The van der Waals surface area contributed by atoms with E-state index in [0.717, 1.165) is 0 Å². The van der Waals surface area contributed by atoms with E-state index in [1.807, 2.05) is 0 Å². The minimum atomic E-state index is -2.79. The van der Waals surface area contributed by atoms with Crippen LogP contribution in [0.15, 0.2) is 24.3 Å². The molecule has 1 heterocycles. The van der Waals surface area contributed by atoms with Crippen molar-refractivity contribution in [2.75, 3.05) is 0 Å². The molecule has 1 atom stereocenters. The fraction of sp³-hybridized carbons (Fsp3) is 0.353. The molecule has 0 saturated carbocycles. The topological polar surface area (TPSA) is 84.2 Å². The fourth-order valence-corrected chi connectivity index (χ4v) is 2.80. The van der Waals surface area contributed by atoms with Crippen LogP contribution in [0.5, 0.6) is 0 Å². The van der Waals surface area contributed by atoms with Crippen molar-refractivity contribution < 1.29 is 23.5 Å². The Kier molecular flexibility index (Phi) is 6.31. The molecule has 2 N–H and O–H groups in total. The summed E-state index contributed by atoms with van der Waals surface area (Å²) >= 11 is 5.82. The SMILES string of the molecule is Cc1nn(C(F)F)c(C)c1CC(=O)N[C@@H](CC(=O)O)c1ccc(Cl)cc1. The lowest BCUT2D eigenvalue weighted by Gasteiger charge is -2.18. The first-order valence-corrected chi connectivity index (χ1v) is 8.16. The van der Waals surface area contributed by atoms with Crippen molar-refractivity contribution in [1.29, 1.82) is 0 Å². The van der Waals surface area contributed by atoms with Gasteiger partial charge in [0.25, 0.3) is 0 Å². The molecule has 0 saturated heterocycles. The van der Waals surface area contributed by atoms with E-state index in [4.69, 9.17) is 16.7 Å². The Bertz CT molecular complexity index is 806. The van der Waals surface area contributed by atoms with Gasteiger partial charge >= 0.3 is 12.5 Å². The first kappa shape index (κ1) is 19.8. The number of halogens is 3. The average Bonchev–Trinajstić information content (AvgIpc) is 2.83. The zero-order valence-electron chi connectivity index (χ0n) is 14.2. The molecule has 26 heavy (non-hydrogen) atoms. The van der Waals surface area contributed by atoms with Gasteiger partial charge in [-0.05, 0) is 31.5 Å². The van der Waals surface area contributed by atoms with Gasteiger partial charge < -0.3 is 10.4 Å². The van der Waals surface area contributed by atoms with Crippen molar-refractivity contribution in [2.45, 2.75) is 39.3 Å². The number of hydrogen-bond acceptors (Lipinski definition) is 3. The van der Waals surface area contributed by atoms with E-state index in [9.17, 15) is 18.4 Å². The van der Waals surface area contributed by atoms with Crippen LogP contribution in [0.1, 0.15) is 41.5 Å². The maximum absolute atomic E-state index is 12.9. The Labute approximate surface area is 153 Å². The van der Waals surface area contributed by atoms with Gasteiger partial charge in [-0.25, -0.2) is 4.68 Å². The Balaban J connectivity index is 2.17. The van der Waals surface area contributed by atoms with Gasteiger partial charge in [-0.3, -0.25) is 9.59 Å². The smallest absolute Gasteiger partial charge is 0.333 e. The van der Waals surface area contributed by atoms with Crippen LogP contribution in [-0.4, -0.2) is 26.8 Å². The second-order valence-electron chi connectivity index (χ2n) is 5.82. The number of carbonyl (C=O) groups excluding carboxylic acids is 1. The second-order valence-corrected chi connectivity index (χ2v) is 6.25. The summed E-state index contributed by atoms with van der Waals surface area (Å²) in [6, 6.07) is 5.68. The molecule has 0 unspecified atom stereocenters. The number of carboxylic acids is 1. The number of amides is 1. The van der Waals surface area contributed by atoms with Crippen LogP contribution in [0, 0.1) is 13.8 Å². The highest BCUT2D eigenvalue weighted by atomic mass is 35.5. The molecule has 6 nitrogen and oxygen atoms in total. The lowest BCUT2D eigenvalue weighted by Crippen LogP contribution is -2.31. The molecule has 0 aliphatic rings. The predicted octanol–water partition coefficient (Wildman–Crippen LogP) is 3.42. The summed E-state index contributed by atoms with van der Waals surface area (Å²) in [6.45, 7) is 0.213. The van der Waals surface area contributed by atoms with E-state index in [2.05, 4.69) is 10.4 Å². The molecule has 0 radical (unpaired) electrons. The van der Waals surface area contributed by atoms with Gasteiger partial charge in [-0.2, -0.15) is 13.9 Å². The molecular formula is C17H18ClF2N3O3. The number of aliphatic carboxylic acids is 1. The first-order valence-electron chi connectivity index (χ1n) is 7.78. The summed E-state index contributed by atoms with van der Waals surface area (Å²) in [5, 5.41) is 15.9. The molecule has 0 bridgehead atoms. The third-order valence-electron chi connectivity index (χ3n) is 3.98. The van der Waals surface area contributed by atoms with Crippen LogP contribution in [0.3, 0.4) is 0 Å². The fourth-order valence-electron chi connectivity index (χ4n) is 2.67. The molecule has 0 spiro atoms. The number of alkyl halides is 2. The van der Waals surface area contributed by atoms with Crippen LogP contribution < -0.4 is 5.32 Å². The number of benzene rings is 1. The number of nitrogens with zero attached hydrogens (tertiary/aromatic N) is 2. The molecule has 9 heteroatoms. The largest absolute Gasteiger partial charge is 0.481 e. The molecule has 1 aromatic heterocycles. The third kappa shape index (κ3) is 4.78. The summed E-state index contributed by atoms with van der Waals surface area (Å²) < 4.78 is 26.3. The quantitative estimate of drug-likeness (QED) is 0.764. The maximum atomic E-state index is 12.9. The van der Waals surface area contributed by atoms with Crippen molar-refractivity contribution in [1.82, 2.24) is 15.1 Å². The average molecular weight is 386 g/mol. The monoisotopic (exact) mass is 385 g/mol. The highest BCUT2D eigenvalue weighted by Crippen LogP contribution is 2.22. The molecule has 0 aliphatic carbocycles. The van der Waals surface area contributed by atoms with Crippen LogP contribution in [0.4, 0.5) is 8.78 Å². The molecule has 1 amide bonds. The van der Waals surface area contributed by atoms with Crippen molar-refractivity contribution in [3.05, 3.63) is 51.8 Å². The Morgan fingerprint density at radius 1 is 1.27 bits per heavy atom. The third-order valence-corrected chi connectivity index (χ3v) is 4.24. The van der Waals surface area contributed by atoms with E-state index < -0.39 is 24.5 Å². The van der Waals surface area contributed by atoms with Gasteiger partial charge in [-0.1, -0.05) is 23.7 Å². The molecule has 0 aliphatic heterocycles. The summed E-state index contributed by atoms with van der Waals surface area (Å²) in [5.74, 6) is -1.56. The van der Waals surface area contributed by atoms with Crippen molar-refractivity contribution in [2.24, 2.45) is 0 Å². The summed E-state index contributed by atoms with van der Waals surface area (Å²) in [5.41, 5.74) is 1.52. The minimum Gasteiger partial charge on any atom is -0.481 e. The van der Waals surface area contributed by atoms with E-state index in [-0.39, 0.29) is 18.5 Å². The van der Waals surface area contributed by atoms with E-state index in [1.54, 1.807) is 31.2 Å². The Hall–Kier alpha value is -2.48. The van der Waals surface area contributed by atoms with Gasteiger partial charge in [0.2, 0.25) is 5.91 Å². The first-order chi connectivity index (χ1) is 12.2. The Morgan fingerprint density at radius 2 is 1.88 bits per heavy atom. The molecular weight excluding hydrogens is 368 g/mol. The van der Waals surface area contributed by atoms with Crippen LogP contribution in [-0.2, 0) is 16.0 Å². The van der Waals surface area contributed by atoms with Gasteiger partial charge in [0, 0.05) is 16.3 Å². The van der Waals surface area contributed by atoms with Gasteiger partial charge in [-0.15, -0.1) is 0 Å². The van der Waals surface area contributed by atoms with Crippen molar-refractivity contribution >= 4 is 23.5 Å². The lowest BCUT2D eigenvalue weighted by atomic mass is 10.0. The van der Waals surface area contributed by atoms with Gasteiger partial charge in [0.05, 0.1) is 24.6 Å². The number of carbonyl (C=O) groups is 2. The highest BCUT2D eigenvalue weighted by Gasteiger charge is 2.22. The number of hydrogen-bond donors (Lipinski definition) is 2. The van der Waals surface area contributed by atoms with Gasteiger partial charge in [0.1, 0.15) is 0 Å². The normalized spacial score (nSPS) is 12.2. The van der Waals surface area contributed by atoms with E-state index in [0.29, 0.717) is 26.5 Å². The maximum Gasteiger partial charge on any atom is 0.333 e.